The number of carbonyl (C=O) groups is 1. The lowest BCUT2D eigenvalue weighted by molar-refractivity contribution is -0.384. The molecule has 12 heteroatoms. The highest BCUT2D eigenvalue weighted by atomic mass is 35.5. The fraction of sp³-hybridized carbons (Fsp3) is 0.462. The molecule has 10 nitrogen and oxygen atoms in total. The zero-order chi connectivity index (χ0) is 18.2. The molecule has 0 aliphatic rings. The fourth-order valence-corrected chi connectivity index (χ4v) is 2.41. The molecule has 142 valence electrons. The van der Waals surface area contributed by atoms with Crippen molar-refractivity contribution in [3.8, 4) is 0 Å². The molecule has 0 unspecified atom stereocenters. The van der Waals surface area contributed by atoms with Gasteiger partial charge in [-0.25, -0.2) is 13.6 Å². The van der Waals surface area contributed by atoms with Gasteiger partial charge >= 0.3 is 0 Å². The molecule has 0 saturated heterocycles. The number of nitro groups is 1. The van der Waals surface area contributed by atoms with Crippen LogP contribution >= 0.6 is 12.4 Å². The molecule has 0 bridgehead atoms. The monoisotopic (exact) mass is 395 g/mol. The standard InChI is InChI=1S/C13H21N5O5S.ClH/c1-15-6-2-7-17-13(19)5-8-16-11-4-3-10(24(14,22)23)9-12(11)18(20)21;/h3-4,9,15-16H,2,5-8H2,1H3,(H,17,19)(H2,14,22,23);1H. The Labute approximate surface area is 152 Å². The summed E-state index contributed by atoms with van der Waals surface area (Å²) in [4.78, 5) is 21.6. The molecule has 0 atom stereocenters. The van der Waals surface area contributed by atoms with Crippen molar-refractivity contribution in [2.45, 2.75) is 17.7 Å². The average Bonchev–Trinajstić information content (AvgIpc) is 2.50. The van der Waals surface area contributed by atoms with Gasteiger partial charge in [-0.15, -0.1) is 12.4 Å². The van der Waals surface area contributed by atoms with Crippen molar-refractivity contribution in [3.05, 3.63) is 28.3 Å². The predicted octanol–water partition coefficient (Wildman–Crippen LogP) is 0.192. The number of sulfonamides is 1. The van der Waals surface area contributed by atoms with Crippen LogP contribution in [-0.2, 0) is 14.8 Å². The number of hydrogen-bond acceptors (Lipinski definition) is 7. The minimum absolute atomic E-state index is 0. The van der Waals surface area contributed by atoms with Crippen LogP contribution in [0.4, 0.5) is 11.4 Å². The molecule has 1 aromatic rings. The van der Waals surface area contributed by atoms with Gasteiger partial charge in [0.05, 0.1) is 9.82 Å². The number of nitrogens with zero attached hydrogens (tertiary/aromatic N) is 1. The first-order valence-electron chi connectivity index (χ1n) is 7.22. The van der Waals surface area contributed by atoms with E-state index >= 15 is 0 Å². The van der Waals surface area contributed by atoms with E-state index in [1.165, 1.54) is 12.1 Å². The fourth-order valence-electron chi connectivity index (χ4n) is 1.88. The van der Waals surface area contributed by atoms with E-state index in [1.807, 2.05) is 7.05 Å². The Morgan fingerprint density at radius 1 is 1.28 bits per heavy atom. The van der Waals surface area contributed by atoms with Crippen molar-refractivity contribution < 1.29 is 18.1 Å². The quantitative estimate of drug-likeness (QED) is 0.250. The number of nitrogens with one attached hydrogen (secondary N) is 3. The summed E-state index contributed by atoms with van der Waals surface area (Å²) in [5.41, 5.74) is -0.300. The Kier molecular flexibility index (Phi) is 9.98. The number of rotatable bonds is 10. The molecule has 25 heavy (non-hydrogen) atoms. The Balaban J connectivity index is 0.00000576. The molecule has 1 aromatic carbocycles. The number of nitrogens with two attached hydrogens (primary N) is 1. The van der Waals surface area contributed by atoms with Gasteiger partial charge in [0.15, 0.2) is 0 Å². The van der Waals surface area contributed by atoms with Gasteiger partial charge in [0, 0.05) is 25.6 Å². The van der Waals surface area contributed by atoms with Crippen LogP contribution in [0.3, 0.4) is 0 Å². The molecule has 5 N–H and O–H groups in total. The van der Waals surface area contributed by atoms with E-state index in [0.717, 1.165) is 19.0 Å². The maximum absolute atomic E-state index is 11.6. The molecule has 1 rings (SSSR count). The second-order valence-electron chi connectivity index (χ2n) is 4.96. The molecule has 0 aromatic heterocycles. The van der Waals surface area contributed by atoms with Crippen LogP contribution in [0.15, 0.2) is 23.1 Å². The summed E-state index contributed by atoms with van der Waals surface area (Å²) in [5, 5.41) is 24.4. The summed E-state index contributed by atoms with van der Waals surface area (Å²) in [7, 11) is -2.21. The van der Waals surface area contributed by atoms with Crippen LogP contribution in [0.5, 0.6) is 0 Å². The maximum atomic E-state index is 11.6. The number of nitro benzene ring substituents is 1. The van der Waals surface area contributed by atoms with Crippen LogP contribution in [0, 0.1) is 10.1 Å². The van der Waals surface area contributed by atoms with Gasteiger partial charge < -0.3 is 16.0 Å². The van der Waals surface area contributed by atoms with Gasteiger partial charge in [-0.1, -0.05) is 0 Å². The average molecular weight is 396 g/mol. The number of benzene rings is 1. The third-order valence-corrected chi connectivity index (χ3v) is 4.00. The third-order valence-electron chi connectivity index (χ3n) is 3.09. The Hall–Kier alpha value is -1.95. The number of carbonyl (C=O) groups excluding carboxylic acids is 1. The number of primary sulfonamides is 1. The number of hydrogen-bond donors (Lipinski definition) is 4. The number of halogens is 1. The molecule has 0 fully saturated rings. The molecule has 1 amide bonds. The van der Waals surface area contributed by atoms with Crippen LogP contribution in [0.2, 0.25) is 0 Å². The largest absolute Gasteiger partial charge is 0.379 e. The van der Waals surface area contributed by atoms with E-state index in [2.05, 4.69) is 16.0 Å². The second kappa shape index (κ2) is 10.8. The lowest BCUT2D eigenvalue weighted by atomic mass is 10.2. The zero-order valence-corrected chi connectivity index (χ0v) is 15.3. The van der Waals surface area contributed by atoms with Crippen molar-refractivity contribution >= 4 is 39.7 Å². The highest BCUT2D eigenvalue weighted by molar-refractivity contribution is 7.89. The van der Waals surface area contributed by atoms with Crippen molar-refractivity contribution in [2.24, 2.45) is 5.14 Å². The first-order chi connectivity index (χ1) is 11.3. The van der Waals surface area contributed by atoms with E-state index in [-0.39, 0.29) is 41.9 Å². The third kappa shape index (κ3) is 8.12. The van der Waals surface area contributed by atoms with E-state index in [4.69, 9.17) is 5.14 Å². The van der Waals surface area contributed by atoms with Gasteiger partial charge in [0.2, 0.25) is 15.9 Å². The van der Waals surface area contributed by atoms with Crippen LogP contribution in [0.25, 0.3) is 0 Å². The lowest BCUT2D eigenvalue weighted by Crippen LogP contribution is -2.28. The van der Waals surface area contributed by atoms with Crippen molar-refractivity contribution in [1.82, 2.24) is 10.6 Å². The molecule has 0 aliphatic heterocycles. The molecule has 0 aliphatic carbocycles. The van der Waals surface area contributed by atoms with Gasteiger partial charge in [0.1, 0.15) is 5.69 Å². The van der Waals surface area contributed by atoms with Gasteiger partial charge in [-0.05, 0) is 32.1 Å². The van der Waals surface area contributed by atoms with E-state index in [1.54, 1.807) is 0 Å². The molecular weight excluding hydrogens is 374 g/mol. The Bertz CT molecular complexity index is 698. The molecular formula is C13H22ClN5O5S. The number of anilines is 1. The zero-order valence-electron chi connectivity index (χ0n) is 13.6. The Morgan fingerprint density at radius 2 is 1.96 bits per heavy atom. The highest BCUT2D eigenvalue weighted by Crippen LogP contribution is 2.27. The minimum atomic E-state index is -4.03. The minimum Gasteiger partial charge on any atom is -0.379 e. The van der Waals surface area contributed by atoms with E-state index < -0.39 is 20.6 Å². The van der Waals surface area contributed by atoms with Crippen molar-refractivity contribution in [2.75, 3.05) is 32.0 Å². The van der Waals surface area contributed by atoms with Crippen LogP contribution < -0.4 is 21.1 Å². The Morgan fingerprint density at radius 3 is 2.52 bits per heavy atom. The summed E-state index contributed by atoms with van der Waals surface area (Å²) in [6.45, 7) is 1.51. The van der Waals surface area contributed by atoms with Gasteiger partial charge in [-0.2, -0.15) is 0 Å². The predicted molar refractivity (Wildman–Crippen MR) is 96.4 cm³/mol. The van der Waals surface area contributed by atoms with Gasteiger partial charge in [0.25, 0.3) is 5.69 Å². The lowest BCUT2D eigenvalue weighted by Gasteiger charge is -2.09. The summed E-state index contributed by atoms with van der Waals surface area (Å²) in [5.74, 6) is -0.178. The van der Waals surface area contributed by atoms with E-state index in [0.29, 0.717) is 6.54 Å². The van der Waals surface area contributed by atoms with Crippen molar-refractivity contribution in [3.63, 3.8) is 0 Å². The first-order valence-corrected chi connectivity index (χ1v) is 8.76. The summed E-state index contributed by atoms with van der Waals surface area (Å²) >= 11 is 0. The van der Waals surface area contributed by atoms with Gasteiger partial charge in [-0.3, -0.25) is 14.9 Å². The summed E-state index contributed by atoms with van der Waals surface area (Å²) < 4.78 is 22.5. The van der Waals surface area contributed by atoms with Crippen LogP contribution in [0.1, 0.15) is 12.8 Å². The molecule has 0 heterocycles. The molecule has 0 radical (unpaired) electrons. The highest BCUT2D eigenvalue weighted by Gasteiger charge is 2.18. The normalized spacial score (nSPS) is 10.6. The number of amides is 1. The second-order valence-corrected chi connectivity index (χ2v) is 6.53. The van der Waals surface area contributed by atoms with E-state index in [9.17, 15) is 23.3 Å². The SMILES string of the molecule is CNCCCNC(=O)CCNc1ccc(S(N)(=O)=O)cc1[N+](=O)[O-].Cl. The summed E-state index contributed by atoms with van der Waals surface area (Å²) in [6, 6.07) is 3.31. The summed E-state index contributed by atoms with van der Waals surface area (Å²) in [6.07, 6.45) is 0.934. The molecule has 0 saturated carbocycles. The van der Waals surface area contributed by atoms with Crippen LogP contribution in [-0.4, -0.2) is 45.9 Å². The topological polar surface area (TPSA) is 156 Å². The first kappa shape index (κ1) is 23.1. The van der Waals surface area contributed by atoms with Crippen molar-refractivity contribution in [1.29, 1.82) is 0 Å². The smallest absolute Gasteiger partial charge is 0.293 e. The maximum Gasteiger partial charge on any atom is 0.293 e. The molecule has 0 spiro atoms.